The summed E-state index contributed by atoms with van der Waals surface area (Å²) in [6, 6.07) is 11.1. The van der Waals surface area contributed by atoms with Crippen LogP contribution in [-0.4, -0.2) is 22.1 Å². The number of aryl methyl sites for hydroxylation is 2. The molecule has 5 nitrogen and oxygen atoms in total. The summed E-state index contributed by atoms with van der Waals surface area (Å²) in [6.45, 7) is 5.51. The van der Waals surface area contributed by atoms with Gasteiger partial charge in [0.1, 0.15) is 5.82 Å². The van der Waals surface area contributed by atoms with Crippen LogP contribution in [0.2, 0.25) is 0 Å². The van der Waals surface area contributed by atoms with E-state index in [-0.39, 0.29) is 5.56 Å². The molecule has 0 fully saturated rings. The summed E-state index contributed by atoms with van der Waals surface area (Å²) in [4.78, 5) is 15.8. The second kappa shape index (κ2) is 6.45. The van der Waals surface area contributed by atoms with Crippen LogP contribution in [0.5, 0.6) is 0 Å². The maximum absolute atomic E-state index is 11.1. The molecule has 124 valence electrons. The number of nitrogens with zero attached hydrogens (tertiary/aromatic N) is 2. The van der Waals surface area contributed by atoms with Crippen LogP contribution in [0.15, 0.2) is 36.4 Å². The third kappa shape index (κ3) is 3.03. The van der Waals surface area contributed by atoms with Crippen LogP contribution in [0, 0.1) is 13.8 Å². The summed E-state index contributed by atoms with van der Waals surface area (Å²) >= 11 is 0. The first-order valence-corrected chi connectivity index (χ1v) is 8.05. The van der Waals surface area contributed by atoms with Crippen molar-refractivity contribution in [2.75, 3.05) is 6.54 Å². The van der Waals surface area contributed by atoms with Gasteiger partial charge in [-0.15, -0.1) is 0 Å². The molecular formula is C19H21N3O2. The Balaban J connectivity index is 2.10. The van der Waals surface area contributed by atoms with Crippen molar-refractivity contribution in [3.05, 3.63) is 64.5 Å². The molecule has 3 rings (SSSR count). The van der Waals surface area contributed by atoms with Crippen molar-refractivity contribution in [3.8, 4) is 0 Å². The van der Waals surface area contributed by atoms with Crippen molar-refractivity contribution in [2.45, 2.75) is 26.8 Å². The third-order valence-corrected chi connectivity index (χ3v) is 4.35. The van der Waals surface area contributed by atoms with E-state index in [1.807, 2.05) is 6.07 Å². The Bertz CT molecular complexity index is 912. The van der Waals surface area contributed by atoms with Crippen LogP contribution < -0.4 is 10.8 Å². The van der Waals surface area contributed by atoms with Crippen LogP contribution in [-0.2, 0) is 13.0 Å². The molecule has 0 atom stereocenters. The summed E-state index contributed by atoms with van der Waals surface area (Å²) in [5.74, 6) is -0.180. The summed E-state index contributed by atoms with van der Waals surface area (Å²) in [5, 5.41) is 11.1. The average Bonchev–Trinajstić information content (AvgIpc) is 2.85. The number of rotatable bonds is 5. The number of imidazole rings is 1. The Morgan fingerprint density at radius 3 is 2.67 bits per heavy atom. The molecular weight excluding hydrogens is 302 g/mol. The van der Waals surface area contributed by atoms with Crippen LogP contribution >= 0.6 is 0 Å². The number of aromatic nitrogens is 2. The number of carbonyl (C=O) groups excluding carboxylic acids is 1. The highest BCUT2D eigenvalue weighted by molar-refractivity contribution is 5.86. The fraction of sp³-hybridized carbons (Fsp3) is 0.263. The largest absolute Gasteiger partial charge is 0.545 e. The van der Waals surface area contributed by atoms with E-state index in [0.717, 1.165) is 35.4 Å². The van der Waals surface area contributed by atoms with E-state index >= 15 is 0 Å². The van der Waals surface area contributed by atoms with Crippen molar-refractivity contribution in [3.63, 3.8) is 0 Å². The maximum atomic E-state index is 11.1. The normalized spacial score (nSPS) is 11.1. The van der Waals surface area contributed by atoms with Crippen LogP contribution in [0.4, 0.5) is 0 Å². The highest BCUT2D eigenvalue weighted by Crippen LogP contribution is 2.22. The highest BCUT2D eigenvalue weighted by Gasteiger charge is 2.13. The van der Waals surface area contributed by atoms with E-state index < -0.39 is 5.97 Å². The summed E-state index contributed by atoms with van der Waals surface area (Å²) in [7, 11) is 0. The first kappa shape index (κ1) is 16.2. The fourth-order valence-corrected chi connectivity index (χ4v) is 2.93. The molecule has 0 radical (unpaired) electrons. The molecule has 3 aromatic rings. The van der Waals surface area contributed by atoms with Gasteiger partial charge >= 0.3 is 0 Å². The molecule has 24 heavy (non-hydrogen) atoms. The third-order valence-electron chi connectivity index (χ3n) is 4.35. The van der Waals surface area contributed by atoms with Gasteiger partial charge in [-0.1, -0.05) is 18.2 Å². The van der Waals surface area contributed by atoms with Crippen molar-refractivity contribution in [1.29, 1.82) is 0 Å². The van der Waals surface area contributed by atoms with E-state index in [2.05, 4.69) is 36.3 Å². The van der Waals surface area contributed by atoms with Crippen LogP contribution in [0.25, 0.3) is 11.0 Å². The Hall–Kier alpha value is -2.66. The van der Waals surface area contributed by atoms with Crippen molar-refractivity contribution >= 4 is 17.0 Å². The number of quaternary nitrogens is 1. The van der Waals surface area contributed by atoms with E-state index in [4.69, 9.17) is 4.98 Å². The van der Waals surface area contributed by atoms with Gasteiger partial charge in [0, 0.05) is 6.54 Å². The molecule has 0 spiro atoms. The van der Waals surface area contributed by atoms with Gasteiger partial charge in [0.25, 0.3) is 0 Å². The van der Waals surface area contributed by atoms with Crippen molar-refractivity contribution < 1.29 is 15.6 Å². The Labute approximate surface area is 140 Å². The lowest BCUT2D eigenvalue weighted by Gasteiger charge is -2.11. The molecule has 0 aliphatic heterocycles. The van der Waals surface area contributed by atoms with Gasteiger partial charge in [-0.05, 0) is 54.3 Å². The predicted molar refractivity (Wildman–Crippen MR) is 90.5 cm³/mol. The summed E-state index contributed by atoms with van der Waals surface area (Å²) < 4.78 is 2.15. The second-order valence-electron chi connectivity index (χ2n) is 6.13. The number of carboxylic acids is 1. The highest BCUT2D eigenvalue weighted by atomic mass is 16.4. The van der Waals surface area contributed by atoms with E-state index in [1.165, 1.54) is 11.1 Å². The first-order chi connectivity index (χ1) is 11.5. The van der Waals surface area contributed by atoms with Gasteiger partial charge in [-0.3, -0.25) is 0 Å². The molecule has 0 aliphatic carbocycles. The number of hydrogen-bond acceptors (Lipinski definition) is 3. The van der Waals surface area contributed by atoms with Gasteiger partial charge < -0.3 is 20.2 Å². The smallest absolute Gasteiger partial charge is 0.115 e. The average molecular weight is 323 g/mol. The number of carbonyl (C=O) groups is 1. The van der Waals surface area contributed by atoms with Gasteiger partial charge in [0.15, 0.2) is 0 Å². The molecule has 2 aromatic carbocycles. The number of aromatic carboxylic acids is 1. The molecule has 0 aliphatic rings. The minimum Gasteiger partial charge on any atom is -0.545 e. The number of fused-ring (bicyclic) bond motifs is 1. The lowest BCUT2D eigenvalue weighted by Crippen LogP contribution is -2.51. The first-order valence-electron chi connectivity index (χ1n) is 8.05. The van der Waals surface area contributed by atoms with Gasteiger partial charge in [-0.25, -0.2) is 4.98 Å². The molecule has 1 heterocycles. The molecule has 3 N–H and O–H groups in total. The maximum Gasteiger partial charge on any atom is 0.115 e. The van der Waals surface area contributed by atoms with E-state index in [9.17, 15) is 9.90 Å². The molecule has 5 heteroatoms. The number of carboxylic acid groups (broad SMARTS) is 1. The Kier molecular flexibility index (Phi) is 4.36. The Morgan fingerprint density at radius 1 is 1.21 bits per heavy atom. The second-order valence-corrected chi connectivity index (χ2v) is 6.13. The molecule has 0 bridgehead atoms. The molecule has 0 saturated heterocycles. The van der Waals surface area contributed by atoms with Crippen LogP contribution in [0.1, 0.15) is 32.9 Å². The van der Waals surface area contributed by atoms with Gasteiger partial charge in [0.05, 0.1) is 30.0 Å². The zero-order valence-corrected chi connectivity index (χ0v) is 14.0. The minimum absolute atomic E-state index is 0.197. The van der Waals surface area contributed by atoms with Crippen molar-refractivity contribution in [1.82, 2.24) is 9.55 Å². The molecule has 1 aromatic heterocycles. The molecule has 0 saturated carbocycles. The zero-order chi connectivity index (χ0) is 17.3. The predicted octanol–water partition coefficient (Wildman–Crippen LogP) is 0.849. The standard InChI is InChI=1S/C19H21N3O2/c1-12-8-16-17(9-13(12)2)22(18(21-16)6-7-20)11-14-4-3-5-15(10-14)19(23)24/h3-5,8-10H,6-7,11,20H2,1-2H3,(H,23,24). The molecule has 0 amide bonds. The Morgan fingerprint density at radius 2 is 1.96 bits per heavy atom. The minimum atomic E-state index is -1.16. The number of hydrogen-bond donors (Lipinski definition) is 1. The quantitative estimate of drug-likeness (QED) is 0.755. The van der Waals surface area contributed by atoms with E-state index in [0.29, 0.717) is 6.54 Å². The zero-order valence-electron chi connectivity index (χ0n) is 14.0. The van der Waals surface area contributed by atoms with Gasteiger partial charge in [-0.2, -0.15) is 0 Å². The topological polar surface area (TPSA) is 85.6 Å². The van der Waals surface area contributed by atoms with Gasteiger partial charge in [0.2, 0.25) is 0 Å². The SMILES string of the molecule is Cc1cc2nc(CC[NH3+])n(Cc3cccc(C(=O)[O-])c3)c2cc1C. The fourth-order valence-electron chi connectivity index (χ4n) is 2.93. The van der Waals surface area contributed by atoms with Crippen molar-refractivity contribution in [2.24, 2.45) is 0 Å². The molecule has 0 unspecified atom stereocenters. The summed E-state index contributed by atoms with van der Waals surface area (Å²) in [6.07, 6.45) is 0.785. The lowest BCUT2D eigenvalue weighted by molar-refractivity contribution is -0.366. The van der Waals surface area contributed by atoms with E-state index in [1.54, 1.807) is 18.2 Å². The van der Waals surface area contributed by atoms with Crippen LogP contribution in [0.3, 0.4) is 0 Å². The summed E-state index contributed by atoms with van der Waals surface area (Å²) in [5.41, 5.74) is 9.52. The number of benzene rings is 2. The monoisotopic (exact) mass is 323 g/mol. The lowest BCUT2D eigenvalue weighted by atomic mass is 10.1.